The lowest BCUT2D eigenvalue weighted by Gasteiger charge is -2.32. The van der Waals surface area contributed by atoms with E-state index in [1.807, 2.05) is 6.92 Å². The van der Waals surface area contributed by atoms with Crippen molar-refractivity contribution in [2.24, 2.45) is 17.8 Å². The van der Waals surface area contributed by atoms with Gasteiger partial charge in [-0.15, -0.1) is 0 Å². The van der Waals surface area contributed by atoms with E-state index in [0.717, 1.165) is 12.8 Å². The topological polar surface area (TPSA) is 95.6 Å². The molecule has 3 rings (SSSR count). The molecule has 8 heteroatoms. The van der Waals surface area contributed by atoms with Crippen LogP contribution in [0.4, 0.5) is 0 Å². The van der Waals surface area contributed by atoms with E-state index in [1.54, 1.807) is 17.0 Å². The number of piperidine rings is 1. The van der Waals surface area contributed by atoms with Crippen LogP contribution in [-0.4, -0.2) is 50.8 Å². The maximum absolute atomic E-state index is 12.9. The molecule has 1 atom stereocenters. The molecule has 2 N–H and O–H groups in total. The van der Waals surface area contributed by atoms with Crippen LogP contribution in [0.25, 0.3) is 0 Å². The molecule has 0 aromatic heterocycles. The second-order valence-corrected chi connectivity index (χ2v) is 10.7. The first-order chi connectivity index (χ1) is 14.2. The molecule has 1 aromatic carbocycles. The molecule has 1 saturated carbocycles. The Balaban J connectivity index is 1.58. The minimum atomic E-state index is -3.61. The molecule has 1 aliphatic carbocycles. The molecular weight excluding hydrogens is 402 g/mol. The van der Waals surface area contributed by atoms with Gasteiger partial charge in [0.25, 0.3) is 5.91 Å². The number of rotatable bonds is 8. The quantitative estimate of drug-likeness (QED) is 0.655. The SMILES string of the molecule is CC(C)C(C)NC(=O)C1CCN(C(=O)c2cccc(S(=O)(=O)NCC3CC3)c2)CC1. The van der Waals surface area contributed by atoms with Crippen LogP contribution in [0.15, 0.2) is 29.2 Å². The highest BCUT2D eigenvalue weighted by Gasteiger charge is 2.29. The Morgan fingerprint density at radius 1 is 1.10 bits per heavy atom. The Hall–Kier alpha value is -1.93. The summed E-state index contributed by atoms with van der Waals surface area (Å²) >= 11 is 0. The van der Waals surface area contributed by atoms with Gasteiger partial charge < -0.3 is 10.2 Å². The summed E-state index contributed by atoms with van der Waals surface area (Å²) in [7, 11) is -3.61. The molecule has 1 aliphatic heterocycles. The fourth-order valence-corrected chi connectivity index (χ4v) is 4.63. The van der Waals surface area contributed by atoms with Gasteiger partial charge in [-0.1, -0.05) is 19.9 Å². The van der Waals surface area contributed by atoms with Crippen molar-refractivity contribution in [3.05, 3.63) is 29.8 Å². The van der Waals surface area contributed by atoms with Gasteiger partial charge in [-0.05, 0) is 62.6 Å². The van der Waals surface area contributed by atoms with Gasteiger partial charge in [-0.3, -0.25) is 9.59 Å². The molecule has 2 aliphatic rings. The summed E-state index contributed by atoms with van der Waals surface area (Å²) in [5.41, 5.74) is 0.362. The third kappa shape index (κ3) is 5.82. The summed E-state index contributed by atoms with van der Waals surface area (Å²) in [6.45, 7) is 7.57. The Morgan fingerprint density at radius 2 is 1.77 bits per heavy atom. The third-order valence-electron chi connectivity index (χ3n) is 6.17. The van der Waals surface area contributed by atoms with Crippen molar-refractivity contribution >= 4 is 21.8 Å². The lowest BCUT2D eigenvalue weighted by molar-refractivity contribution is -0.127. The van der Waals surface area contributed by atoms with E-state index in [1.165, 1.54) is 12.1 Å². The first-order valence-corrected chi connectivity index (χ1v) is 12.3. The first-order valence-electron chi connectivity index (χ1n) is 10.9. The van der Waals surface area contributed by atoms with Crippen LogP contribution in [0.3, 0.4) is 0 Å². The smallest absolute Gasteiger partial charge is 0.253 e. The van der Waals surface area contributed by atoms with Gasteiger partial charge in [0.05, 0.1) is 4.90 Å². The Bertz CT molecular complexity index is 872. The van der Waals surface area contributed by atoms with Gasteiger partial charge in [0.2, 0.25) is 15.9 Å². The van der Waals surface area contributed by atoms with E-state index < -0.39 is 10.0 Å². The second kappa shape index (κ2) is 9.47. The van der Waals surface area contributed by atoms with Crippen molar-refractivity contribution in [3.63, 3.8) is 0 Å². The van der Waals surface area contributed by atoms with E-state index in [2.05, 4.69) is 23.9 Å². The zero-order valence-electron chi connectivity index (χ0n) is 18.1. The van der Waals surface area contributed by atoms with Crippen molar-refractivity contribution in [2.45, 2.75) is 57.4 Å². The number of nitrogens with one attached hydrogen (secondary N) is 2. The van der Waals surface area contributed by atoms with E-state index in [0.29, 0.717) is 49.9 Å². The maximum Gasteiger partial charge on any atom is 0.253 e. The summed E-state index contributed by atoms with van der Waals surface area (Å²) in [6.07, 6.45) is 3.35. The number of amides is 2. The summed E-state index contributed by atoms with van der Waals surface area (Å²) in [5, 5.41) is 3.06. The summed E-state index contributed by atoms with van der Waals surface area (Å²) in [5.74, 6) is 0.583. The van der Waals surface area contributed by atoms with Crippen LogP contribution < -0.4 is 10.0 Å². The number of benzene rings is 1. The number of hydrogen-bond acceptors (Lipinski definition) is 4. The zero-order chi connectivity index (χ0) is 21.9. The average molecular weight is 436 g/mol. The van der Waals surface area contributed by atoms with Gasteiger partial charge in [0, 0.05) is 37.2 Å². The molecule has 1 unspecified atom stereocenters. The van der Waals surface area contributed by atoms with Gasteiger partial charge in [-0.25, -0.2) is 13.1 Å². The van der Waals surface area contributed by atoms with Crippen LogP contribution in [-0.2, 0) is 14.8 Å². The number of carbonyl (C=O) groups is 2. The van der Waals surface area contributed by atoms with Crippen molar-refractivity contribution < 1.29 is 18.0 Å². The summed E-state index contributed by atoms with van der Waals surface area (Å²) in [6, 6.07) is 6.33. The number of carbonyl (C=O) groups excluding carboxylic acids is 2. The minimum Gasteiger partial charge on any atom is -0.353 e. The molecule has 1 saturated heterocycles. The van der Waals surface area contributed by atoms with E-state index in [9.17, 15) is 18.0 Å². The van der Waals surface area contributed by atoms with Crippen LogP contribution >= 0.6 is 0 Å². The highest BCUT2D eigenvalue weighted by molar-refractivity contribution is 7.89. The maximum atomic E-state index is 12.9. The van der Waals surface area contributed by atoms with Crippen LogP contribution in [0, 0.1) is 17.8 Å². The molecule has 30 heavy (non-hydrogen) atoms. The lowest BCUT2D eigenvalue weighted by Crippen LogP contribution is -2.45. The van der Waals surface area contributed by atoms with E-state index in [4.69, 9.17) is 0 Å². The Kier molecular flexibility index (Phi) is 7.18. The monoisotopic (exact) mass is 435 g/mol. The predicted octanol–water partition coefficient (Wildman–Crippen LogP) is 2.39. The van der Waals surface area contributed by atoms with Crippen LogP contribution in [0.1, 0.15) is 56.8 Å². The lowest BCUT2D eigenvalue weighted by atomic mass is 9.94. The molecule has 0 radical (unpaired) electrons. The Morgan fingerprint density at radius 3 is 2.37 bits per heavy atom. The number of sulfonamides is 1. The van der Waals surface area contributed by atoms with E-state index >= 15 is 0 Å². The van der Waals surface area contributed by atoms with Gasteiger partial charge in [0.1, 0.15) is 0 Å². The molecule has 1 aromatic rings. The second-order valence-electron chi connectivity index (χ2n) is 8.93. The van der Waals surface area contributed by atoms with Gasteiger partial charge in [-0.2, -0.15) is 0 Å². The standard InChI is InChI=1S/C22H33N3O4S/c1-15(2)16(3)24-21(26)18-9-11-25(12-10-18)22(27)19-5-4-6-20(13-19)30(28,29)23-14-17-7-8-17/h4-6,13,15-18,23H,7-12,14H2,1-3H3,(H,24,26). The van der Waals surface area contributed by atoms with Crippen LogP contribution in [0.2, 0.25) is 0 Å². The molecular formula is C22H33N3O4S. The highest BCUT2D eigenvalue weighted by atomic mass is 32.2. The molecule has 1 heterocycles. The molecule has 0 bridgehead atoms. The van der Waals surface area contributed by atoms with Crippen molar-refractivity contribution in [3.8, 4) is 0 Å². The van der Waals surface area contributed by atoms with Gasteiger partial charge >= 0.3 is 0 Å². The molecule has 7 nitrogen and oxygen atoms in total. The fraction of sp³-hybridized carbons (Fsp3) is 0.636. The summed E-state index contributed by atoms with van der Waals surface area (Å²) < 4.78 is 27.6. The molecule has 0 spiro atoms. The molecule has 166 valence electrons. The van der Waals surface area contributed by atoms with Crippen molar-refractivity contribution in [1.82, 2.24) is 14.9 Å². The minimum absolute atomic E-state index is 0.0538. The van der Waals surface area contributed by atoms with Crippen LogP contribution in [0.5, 0.6) is 0 Å². The predicted molar refractivity (Wildman–Crippen MR) is 115 cm³/mol. The molecule has 2 amide bonds. The Labute approximate surface area is 179 Å². The number of nitrogens with zero attached hydrogens (tertiary/aromatic N) is 1. The van der Waals surface area contributed by atoms with E-state index in [-0.39, 0.29) is 28.7 Å². The number of likely N-dealkylation sites (tertiary alicyclic amines) is 1. The average Bonchev–Trinajstić information content (AvgIpc) is 3.56. The normalized spacial score (nSPS) is 19.0. The third-order valence-corrected chi connectivity index (χ3v) is 7.59. The van der Waals surface area contributed by atoms with Crippen molar-refractivity contribution in [2.75, 3.05) is 19.6 Å². The summed E-state index contributed by atoms with van der Waals surface area (Å²) in [4.78, 5) is 27.2. The first kappa shape index (κ1) is 22.7. The van der Waals surface area contributed by atoms with Gasteiger partial charge in [0.15, 0.2) is 0 Å². The molecule has 2 fully saturated rings. The zero-order valence-corrected chi connectivity index (χ0v) is 18.9. The fourth-order valence-electron chi connectivity index (χ4n) is 3.47. The van der Waals surface area contributed by atoms with Crippen molar-refractivity contribution in [1.29, 1.82) is 0 Å². The number of hydrogen-bond donors (Lipinski definition) is 2. The highest BCUT2D eigenvalue weighted by Crippen LogP contribution is 2.28. The largest absolute Gasteiger partial charge is 0.353 e.